The summed E-state index contributed by atoms with van der Waals surface area (Å²) < 4.78 is 22.3. The maximum absolute atomic E-state index is 12.6. The minimum Gasteiger partial charge on any atom is -0.481 e. The molecule has 1 aromatic carbocycles. The molecular weight excluding hydrogens is 310 g/mol. The normalized spacial score (nSPS) is 23.4. The highest BCUT2D eigenvalue weighted by Crippen LogP contribution is 2.35. The Labute approximate surface area is 141 Å². The van der Waals surface area contributed by atoms with Crippen molar-refractivity contribution in [1.82, 2.24) is 4.90 Å². The van der Waals surface area contributed by atoms with Crippen LogP contribution in [0.25, 0.3) is 0 Å². The fourth-order valence-corrected chi connectivity index (χ4v) is 3.08. The number of hydrogen-bond donors (Lipinski definition) is 0. The lowest BCUT2D eigenvalue weighted by atomic mass is 10.3. The maximum atomic E-state index is 12.6. The average Bonchev–Trinajstić information content (AvgIpc) is 3.10. The first-order chi connectivity index (χ1) is 11.7. The zero-order valence-corrected chi connectivity index (χ0v) is 13.9. The largest absolute Gasteiger partial charge is 0.481 e. The van der Waals surface area contributed by atoms with Crippen LogP contribution in [0.3, 0.4) is 0 Å². The first kappa shape index (κ1) is 15.6. The fraction of sp³-hybridized carbons (Fsp3) is 0.611. The van der Waals surface area contributed by atoms with E-state index in [9.17, 15) is 4.79 Å². The molecule has 0 bridgehead atoms. The summed E-state index contributed by atoms with van der Waals surface area (Å²) in [6, 6.07) is 5.35. The third-order valence-electron chi connectivity index (χ3n) is 4.73. The van der Waals surface area contributed by atoms with Gasteiger partial charge >= 0.3 is 0 Å². The molecule has 130 valence electrons. The van der Waals surface area contributed by atoms with Gasteiger partial charge in [-0.3, -0.25) is 4.79 Å². The van der Waals surface area contributed by atoms with Gasteiger partial charge in [0.05, 0.1) is 6.10 Å². The van der Waals surface area contributed by atoms with Crippen molar-refractivity contribution in [2.75, 3.05) is 26.5 Å². The zero-order valence-electron chi connectivity index (χ0n) is 13.9. The molecule has 4 rings (SSSR count). The van der Waals surface area contributed by atoms with Crippen LogP contribution in [-0.2, 0) is 9.53 Å². The zero-order chi connectivity index (χ0) is 16.5. The Kier molecular flexibility index (Phi) is 4.22. The molecule has 6 heteroatoms. The van der Waals surface area contributed by atoms with Crippen LogP contribution < -0.4 is 14.2 Å². The number of benzene rings is 1. The van der Waals surface area contributed by atoms with E-state index in [1.54, 1.807) is 25.1 Å². The van der Waals surface area contributed by atoms with Gasteiger partial charge < -0.3 is 23.8 Å². The Hall–Kier alpha value is -1.95. The van der Waals surface area contributed by atoms with Crippen molar-refractivity contribution >= 4 is 5.91 Å². The maximum Gasteiger partial charge on any atom is 0.263 e. The molecule has 0 radical (unpaired) electrons. The van der Waals surface area contributed by atoms with Crippen molar-refractivity contribution in [3.05, 3.63) is 18.2 Å². The van der Waals surface area contributed by atoms with Gasteiger partial charge in [0.25, 0.3) is 5.91 Å². The van der Waals surface area contributed by atoms with E-state index in [1.807, 2.05) is 4.90 Å². The van der Waals surface area contributed by atoms with Crippen LogP contribution in [0.4, 0.5) is 0 Å². The lowest BCUT2D eigenvalue weighted by molar-refractivity contribution is -0.137. The Morgan fingerprint density at radius 1 is 1.29 bits per heavy atom. The Balaban J connectivity index is 1.29. The molecular formula is C18H23NO5. The molecule has 0 aromatic heterocycles. The summed E-state index contributed by atoms with van der Waals surface area (Å²) in [4.78, 5) is 14.4. The van der Waals surface area contributed by atoms with Gasteiger partial charge in [0.15, 0.2) is 17.6 Å². The molecule has 3 aliphatic rings. The molecule has 1 saturated heterocycles. The molecule has 2 fully saturated rings. The van der Waals surface area contributed by atoms with E-state index in [-0.39, 0.29) is 18.8 Å². The highest BCUT2D eigenvalue weighted by atomic mass is 16.7. The smallest absolute Gasteiger partial charge is 0.263 e. The van der Waals surface area contributed by atoms with Crippen molar-refractivity contribution in [2.24, 2.45) is 5.92 Å². The van der Waals surface area contributed by atoms with Crippen molar-refractivity contribution in [3.8, 4) is 17.2 Å². The second-order valence-corrected chi connectivity index (χ2v) is 6.75. The van der Waals surface area contributed by atoms with E-state index < -0.39 is 6.10 Å². The number of carbonyl (C=O) groups excluding carboxylic acids is 1. The van der Waals surface area contributed by atoms with E-state index >= 15 is 0 Å². The molecule has 24 heavy (non-hydrogen) atoms. The van der Waals surface area contributed by atoms with E-state index in [0.717, 1.165) is 25.5 Å². The number of nitrogens with zero attached hydrogens (tertiary/aromatic N) is 1. The summed E-state index contributed by atoms with van der Waals surface area (Å²) in [6.45, 7) is 4.26. The summed E-state index contributed by atoms with van der Waals surface area (Å²) in [5.41, 5.74) is 0. The number of ether oxygens (including phenoxy) is 4. The fourth-order valence-electron chi connectivity index (χ4n) is 3.08. The molecule has 1 aromatic rings. The van der Waals surface area contributed by atoms with Gasteiger partial charge in [0, 0.05) is 25.8 Å². The van der Waals surface area contributed by atoms with Crippen molar-refractivity contribution in [2.45, 2.75) is 38.4 Å². The van der Waals surface area contributed by atoms with Gasteiger partial charge in [-0.1, -0.05) is 0 Å². The summed E-state index contributed by atoms with van der Waals surface area (Å²) >= 11 is 0. The number of rotatable bonds is 6. The van der Waals surface area contributed by atoms with E-state index in [1.165, 1.54) is 12.8 Å². The van der Waals surface area contributed by atoms with Gasteiger partial charge in [0.2, 0.25) is 6.79 Å². The second-order valence-electron chi connectivity index (χ2n) is 6.75. The number of hydrogen-bond acceptors (Lipinski definition) is 5. The molecule has 1 aliphatic carbocycles. The van der Waals surface area contributed by atoms with Crippen LogP contribution in [-0.4, -0.2) is 49.5 Å². The highest BCUT2D eigenvalue weighted by molar-refractivity contribution is 5.81. The molecule has 0 unspecified atom stereocenters. The topological polar surface area (TPSA) is 57.2 Å². The molecule has 1 amide bonds. The van der Waals surface area contributed by atoms with Crippen LogP contribution in [0.2, 0.25) is 0 Å². The summed E-state index contributed by atoms with van der Waals surface area (Å²) in [6.07, 6.45) is 3.13. The van der Waals surface area contributed by atoms with Crippen LogP contribution >= 0.6 is 0 Å². The third-order valence-corrected chi connectivity index (χ3v) is 4.73. The third kappa shape index (κ3) is 3.43. The monoisotopic (exact) mass is 333 g/mol. The van der Waals surface area contributed by atoms with Crippen molar-refractivity contribution in [1.29, 1.82) is 0 Å². The Bertz CT molecular complexity index is 615. The summed E-state index contributed by atoms with van der Waals surface area (Å²) in [7, 11) is 0. The Morgan fingerprint density at radius 2 is 2.12 bits per heavy atom. The van der Waals surface area contributed by atoms with Gasteiger partial charge in [-0.05, 0) is 44.2 Å². The Morgan fingerprint density at radius 3 is 2.96 bits per heavy atom. The second kappa shape index (κ2) is 6.51. The molecule has 6 nitrogen and oxygen atoms in total. The van der Waals surface area contributed by atoms with E-state index in [2.05, 4.69) is 0 Å². The van der Waals surface area contributed by atoms with E-state index in [4.69, 9.17) is 18.9 Å². The molecule has 2 aliphatic heterocycles. The van der Waals surface area contributed by atoms with Gasteiger partial charge in [-0.25, -0.2) is 0 Å². The molecule has 0 spiro atoms. The predicted molar refractivity (Wildman–Crippen MR) is 86.3 cm³/mol. The summed E-state index contributed by atoms with van der Waals surface area (Å²) in [5, 5.41) is 0. The first-order valence-corrected chi connectivity index (χ1v) is 8.66. The van der Waals surface area contributed by atoms with Crippen LogP contribution in [0, 0.1) is 5.92 Å². The molecule has 2 heterocycles. The number of fused-ring (bicyclic) bond motifs is 1. The quantitative estimate of drug-likeness (QED) is 0.799. The lowest BCUT2D eigenvalue weighted by Crippen LogP contribution is -2.39. The van der Waals surface area contributed by atoms with Crippen LogP contribution in [0.5, 0.6) is 17.2 Å². The van der Waals surface area contributed by atoms with Gasteiger partial charge in [-0.15, -0.1) is 0 Å². The minimum absolute atomic E-state index is 0.00480. The number of amides is 1. The highest BCUT2D eigenvalue weighted by Gasteiger charge is 2.32. The average molecular weight is 333 g/mol. The lowest BCUT2D eigenvalue weighted by Gasteiger charge is -2.22. The van der Waals surface area contributed by atoms with Crippen molar-refractivity contribution < 1.29 is 23.7 Å². The predicted octanol–water partition coefficient (Wildman–Crippen LogP) is 2.21. The van der Waals surface area contributed by atoms with Crippen LogP contribution in [0.15, 0.2) is 18.2 Å². The molecule has 2 atom stereocenters. The van der Waals surface area contributed by atoms with Gasteiger partial charge in [0.1, 0.15) is 5.75 Å². The number of likely N-dealkylation sites (tertiary alicyclic amines) is 1. The first-order valence-electron chi connectivity index (χ1n) is 8.66. The van der Waals surface area contributed by atoms with E-state index in [0.29, 0.717) is 23.8 Å². The number of carbonyl (C=O) groups is 1. The minimum atomic E-state index is -0.535. The SMILES string of the molecule is C[C@H](Oc1ccc2c(c1)OCO2)C(=O)N1CC[C@@H](OCC2CC2)C1. The van der Waals surface area contributed by atoms with Gasteiger partial charge in [-0.2, -0.15) is 0 Å². The van der Waals surface area contributed by atoms with Crippen LogP contribution in [0.1, 0.15) is 26.2 Å². The van der Waals surface area contributed by atoms with Crippen molar-refractivity contribution in [3.63, 3.8) is 0 Å². The standard InChI is InChI=1S/C18H23NO5/c1-12(24-14-4-5-16-17(8-14)23-11-22-16)18(20)19-7-6-15(9-19)21-10-13-2-3-13/h4-5,8,12-13,15H,2-3,6-7,9-11H2,1H3/t12-,15+/m0/s1. The molecule has 1 saturated carbocycles. The summed E-state index contributed by atoms with van der Waals surface area (Å²) in [5.74, 6) is 2.73. The molecule has 0 N–H and O–H groups in total.